The Kier molecular flexibility index (Phi) is 12.8. The molecule has 0 saturated heterocycles. The number of hydrogen-bond donors (Lipinski definition) is 0. The second-order valence-electron chi connectivity index (χ2n) is 14.1. The quantitative estimate of drug-likeness (QED) is 0.124. The molecule has 0 aliphatic rings. The second kappa shape index (κ2) is 15.0. The van der Waals surface area contributed by atoms with Crippen LogP contribution in [0, 0.1) is 0 Å². The Balaban J connectivity index is 2.33. The minimum Gasteiger partial charge on any atom is -0.289 e. The normalized spacial score (nSPS) is 13.0. The lowest BCUT2D eigenvalue weighted by molar-refractivity contribution is -0.360. The predicted octanol–water partition coefficient (Wildman–Crippen LogP) is 7.90. The van der Waals surface area contributed by atoms with Crippen LogP contribution in [0.5, 0.6) is 0 Å². The Labute approximate surface area is 251 Å². The third-order valence-electron chi connectivity index (χ3n) is 5.03. The average molecular weight is 591 g/mol. The number of carbonyl (C=O) groups is 1. The van der Waals surface area contributed by atoms with Gasteiger partial charge in [0.25, 0.3) is 0 Å². The molecule has 0 aliphatic carbocycles. The van der Waals surface area contributed by atoms with E-state index < -0.39 is 22.4 Å². The molecule has 0 amide bonds. The van der Waals surface area contributed by atoms with Crippen LogP contribution in [0.3, 0.4) is 0 Å². The zero-order valence-electron chi connectivity index (χ0n) is 27.5. The maximum absolute atomic E-state index is 13.7. The highest BCUT2D eigenvalue weighted by Crippen LogP contribution is 2.23. The summed E-state index contributed by atoms with van der Waals surface area (Å²) in [4.78, 5) is 57.5. The monoisotopic (exact) mass is 590 g/mol. The van der Waals surface area contributed by atoms with Gasteiger partial charge in [0, 0.05) is 11.1 Å². The van der Waals surface area contributed by atoms with E-state index >= 15 is 0 Å². The van der Waals surface area contributed by atoms with Crippen LogP contribution in [0.1, 0.15) is 121 Å². The SMILES string of the molecule is CC(C)(C)OOCc1ccc(C(=O)c2ccc(COOC(C)(C)C)c(COOC(C)(C)C)c2)cc1COOC(C)(C)C. The Morgan fingerprint density at radius 1 is 0.452 bits per heavy atom. The van der Waals surface area contributed by atoms with Crippen LogP contribution in [0.15, 0.2) is 36.4 Å². The highest BCUT2D eigenvalue weighted by atomic mass is 17.2. The molecule has 9 nitrogen and oxygen atoms in total. The van der Waals surface area contributed by atoms with Gasteiger partial charge in [0.2, 0.25) is 0 Å². The first-order valence-corrected chi connectivity index (χ1v) is 14.2. The van der Waals surface area contributed by atoms with E-state index in [1.54, 1.807) is 24.3 Å². The summed E-state index contributed by atoms with van der Waals surface area (Å²) >= 11 is 0. The number of hydrogen-bond acceptors (Lipinski definition) is 9. The maximum Gasteiger partial charge on any atom is 0.193 e. The molecule has 0 aliphatic heterocycles. The summed E-state index contributed by atoms with van der Waals surface area (Å²) < 4.78 is 0. The lowest BCUT2D eigenvalue weighted by atomic mass is 9.96. The molecule has 0 saturated carbocycles. The van der Waals surface area contributed by atoms with E-state index in [1.165, 1.54) is 0 Å². The van der Waals surface area contributed by atoms with Gasteiger partial charge in [-0.15, -0.1) is 0 Å². The Bertz CT molecular complexity index is 1060. The van der Waals surface area contributed by atoms with Crippen LogP contribution in [0.4, 0.5) is 0 Å². The fourth-order valence-corrected chi connectivity index (χ4v) is 3.33. The molecule has 0 fully saturated rings. The van der Waals surface area contributed by atoms with Gasteiger partial charge in [-0.05, 0) is 117 Å². The zero-order valence-corrected chi connectivity index (χ0v) is 27.5. The molecule has 0 atom stereocenters. The molecule has 0 unspecified atom stereocenters. The summed E-state index contributed by atoms with van der Waals surface area (Å²) in [6, 6.07) is 10.8. The van der Waals surface area contributed by atoms with Gasteiger partial charge in [-0.1, -0.05) is 24.3 Å². The van der Waals surface area contributed by atoms with Crippen molar-refractivity contribution in [3.8, 4) is 0 Å². The zero-order chi connectivity index (χ0) is 31.8. The van der Waals surface area contributed by atoms with Crippen molar-refractivity contribution < 1.29 is 43.9 Å². The lowest BCUT2D eigenvalue weighted by Gasteiger charge is -2.20. The van der Waals surface area contributed by atoms with Crippen molar-refractivity contribution in [2.45, 2.75) is 132 Å². The molecule has 0 aromatic heterocycles. The van der Waals surface area contributed by atoms with Crippen molar-refractivity contribution in [1.29, 1.82) is 0 Å². The molecule has 2 aromatic carbocycles. The van der Waals surface area contributed by atoms with Gasteiger partial charge in [0.1, 0.15) is 26.4 Å². The van der Waals surface area contributed by atoms with Crippen LogP contribution in [-0.4, -0.2) is 28.2 Å². The van der Waals surface area contributed by atoms with Gasteiger partial charge in [-0.25, -0.2) is 39.1 Å². The molecule has 0 N–H and O–H groups in total. The van der Waals surface area contributed by atoms with E-state index in [-0.39, 0.29) is 32.2 Å². The molecule has 0 spiro atoms. The van der Waals surface area contributed by atoms with Gasteiger partial charge in [-0.3, -0.25) is 4.79 Å². The summed E-state index contributed by atoms with van der Waals surface area (Å²) in [6.45, 7) is 23.4. The summed E-state index contributed by atoms with van der Waals surface area (Å²) in [7, 11) is 0. The number of carbonyl (C=O) groups excluding carboxylic acids is 1. The van der Waals surface area contributed by atoms with Crippen LogP contribution in [0.2, 0.25) is 0 Å². The fraction of sp³-hybridized carbons (Fsp3) is 0.606. The largest absolute Gasteiger partial charge is 0.289 e. The molecular weight excluding hydrogens is 540 g/mol. The van der Waals surface area contributed by atoms with Crippen LogP contribution in [-0.2, 0) is 65.5 Å². The summed E-state index contributed by atoms with van der Waals surface area (Å²) in [5.74, 6) is -0.164. The molecule has 0 bridgehead atoms. The van der Waals surface area contributed by atoms with Crippen molar-refractivity contribution in [3.05, 3.63) is 69.8 Å². The van der Waals surface area contributed by atoms with Crippen LogP contribution >= 0.6 is 0 Å². The molecule has 2 rings (SSSR count). The first-order valence-electron chi connectivity index (χ1n) is 14.2. The van der Waals surface area contributed by atoms with Gasteiger partial charge >= 0.3 is 0 Å². The van der Waals surface area contributed by atoms with Crippen molar-refractivity contribution in [1.82, 2.24) is 0 Å². The topological polar surface area (TPSA) is 90.9 Å². The Morgan fingerprint density at radius 3 is 0.976 bits per heavy atom. The predicted molar refractivity (Wildman–Crippen MR) is 159 cm³/mol. The third kappa shape index (κ3) is 14.3. The summed E-state index contributed by atoms with van der Waals surface area (Å²) in [5.41, 5.74) is 2.19. The Morgan fingerprint density at radius 2 is 0.714 bits per heavy atom. The van der Waals surface area contributed by atoms with Gasteiger partial charge in [0.05, 0.1) is 22.4 Å². The molecular formula is C33H50O9. The van der Waals surface area contributed by atoms with Gasteiger partial charge < -0.3 is 0 Å². The van der Waals surface area contributed by atoms with Crippen LogP contribution < -0.4 is 0 Å². The number of ketones is 1. The van der Waals surface area contributed by atoms with Crippen molar-refractivity contribution >= 4 is 5.78 Å². The molecule has 0 radical (unpaired) electrons. The second-order valence-corrected chi connectivity index (χ2v) is 14.1. The van der Waals surface area contributed by atoms with E-state index in [9.17, 15) is 4.79 Å². The maximum atomic E-state index is 13.7. The highest BCUT2D eigenvalue weighted by molar-refractivity contribution is 6.09. The average Bonchev–Trinajstić information content (AvgIpc) is 2.82. The Hall–Kier alpha value is -2.21. The third-order valence-corrected chi connectivity index (χ3v) is 5.03. The number of benzene rings is 2. The van der Waals surface area contributed by atoms with E-state index in [0.717, 1.165) is 22.3 Å². The van der Waals surface area contributed by atoms with E-state index in [2.05, 4.69) is 0 Å². The minimum atomic E-state index is -0.488. The first-order chi connectivity index (χ1) is 19.2. The molecule has 9 heteroatoms. The smallest absolute Gasteiger partial charge is 0.193 e. The van der Waals surface area contributed by atoms with E-state index in [0.29, 0.717) is 11.1 Å². The highest BCUT2D eigenvalue weighted by Gasteiger charge is 2.19. The summed E-state index contributed by atoms with van der Waals surface area (Å²) in [6.07, 6.45) is 0. The first kappa shape index (κ1) is 36.0. The van der Waals surface area contributed by atoms with E-state index in [4.69, 9.17) is 39.1 Å². The van der Waals surface area contributed by atoms with Gasteiger partial charge in [-0.2, -0.15) is 0 Å². The van der Waals surface area contributed by atoms with Crippen molar-refractivity contribution in [2.75, 3.05) is 0 Å². The molecule has 236 valence electrons. The van der Waals surface area contributed by atoms with Crippen LogP contribution in [0.25, 0.3) is 0 Å². The lowest BCUT2D eigenvalue weighted by Crippen LogP contribution is -2.20. The van der Waals surface area contributed by atoms with E-state index in [1.807, 2.05) is 95.2 Å². The molecule has 42 heavy (non-hydrogen) atoms. The number of rotatable bonds is 14. The molecule has 2 aromatic rings. The molecule has 0 heterocycles. The fourth-order valence-electron chi connectivity index (χ4n) is 3.33. The van der Waals surface area contributed by atoms with Gasteiger partial charge in [0.15, 0.2) is 5.78 Å². The van der Waals surface area contributed by atoms with Crippen molar-refractivity contribution in [2.24, 2.45) is 0 Å². The summed E-state index contributed by atoms with van der Waals surface area (Å²) in [5, 5.41) is 0. The minimum absolute atomic E-state index is 0.125. The standard InChI is InChI=1S/C33H50O9/c1-30(2,3)39-35-19-25-15-13-23(17-27(25)21-37-41-32(7,8)9)29(34)24-14-16-26(20-36-40-31(4,5)6)28(18-24)22-38-42-33(10,11)12/h13-18H,19-22H2,1-12H3. The van der Waals surface area contributed by atoms with Crippen molar-refractivity contribution in [3.63, 3.8) is 0 Å².